The summed E-state index contributed by atoms with van der Waals surface area (Å²) in [5, 5.41) is 6.48. The Bertz CT molecular complexity index is 2580. The van der Waals surface area contributed by atoms with Crippen LogP contribution in [0, 0.1) is 0 Å². The Morgan fingerprint density at radius 1 is 0.320 bits per heavy atom. The van der Waals surface area contributed by atoms with E-state index in [1.807, 2.05) is 72.8 Å². The van der Waals surface area contributed by atoms with Crippen molar-refractivity contribution in [2.24, 2.45) is 0 Å². The van der Waals surface area contributed by atoms with Crippen LogP contribution in [0.3, 0.4) is 0 Å². The number of aromatic nitrogens is 2. The van der Waals surface area contributed by atoms with Gasteiger partial charge in [-0.2, -0.15) is 0 Å². The van der Waals surface area contributed by atoms with Gasteiger partial charge >= 0.3 is 0 Å². The van der Waals surface area contributed by atoms with E-state index in [0.29, 0.717) is 0 Å². The van der Waals surface area contributed by atoms with E-state index in [4.69, 9.17) is 19.4 Å². The summed E-state index contributed by atoms with van der Waals surface area (Å²) in [5.41, 5.74) is 5.59. The number of fused-ring (bicyclic) bond motifs is 11. The first kappa shape index (κ1) is 27.1. The molecular formula is C44H26N4O2. The van der Waals surface area contributed by atoms with E-state index in [9.17, 15) is 0 Å². The molecule has 2 aliphatic heterocycles. The van der Waals surface area contributed by atoms with Crippen LogP contribution in [-0.2, 0) is 0 Å². The van der Waals surface area contributed by atoms with Crippen LogP contribution < -0.4 is 19.3 Å². The van der Waals surface area contributed by atoms with E-state index in [2.05, 4.69) is 94.7 Å². The van der Waals surface area contributed by atoms with E-state index in [1.54, 1.807) is 0 Å². The van der Waals surface area contributed by atoms with Crippen LogP contribution in [0.5, 0.6) is 23.0 Å². The SMILES string of the molecule is c1ccc2c(c1)Oc1ccccc1N2c1nc2ccccc2c2c1ccc1c(N3c4ccccc4Oc4ccccc43)nc3ccccc3c12. The molecule has 0 atom stereocenters. The van der Waals surface area contributed by atoms with E-state index in [-0.39, 0.29) is 0 Å². The molecule has 0 unspecified atom stereocenters. The quantitative estimate of drug-likeness (QED) is 0.175. The molecule has 0 amide bonds. The van der Waals surface area contributed by atoms with Gasteiger partial charge in [-0.3, -0.25) is 9.80 Å². The van der Waals surface area contributed by atoms with Crippen LogP contribution >= 0.6 is 0 Å². The summed E-state index contributed by atoms with van der Waals surface area (Å²) in [6.07, 6.45) is 0. The first-order valence-electron chi connectivity index (χ1n) is 16.7. The Morgan fingerprint density at radius 2 is 0.640 bits per heavy atom. The lowest BCUT2D eigenvalue weighted by Crippen LogP contribution is -2.18. The standard InChI is InChI=1S/C44H26N4O2/c1-3-15-31-27(13-1)41-29(43(45-31)47-33-17-5-9-21-37(33)49-38-22-10-6-18-34(38)47)25-26-30-42(41)28-14-2-4-16-32(28)46-44(30)48-35-19-7-11-23-39(35)50-40-24-12-8-20-36(40)48/h1-26H. The Morgan fingerprint density at radius 3 is 1.02 bits per heavy atom. The van der Waals surface area contributed by atoms with Gasteiger partial charge < -0.3 is 9.47 Å². The molecule has 0 N–H and O–H groups in total. The maximum absolute atomic E-state index is 6.40. The third kappa shape index (κ3) is 3.78. The van der Waals surface area contributed by atoms with Crippen molar-refractivity contribution in [3.8, 4) is 23.0 Å². The van der Waals surface area contributed by atoms with Crippen LogP contribution in [0.4, 0.5) is 34.4 Å². The lowest BCUT2D eigenvalue weighted by molar-refractivity contribution is 0.476. The predicted octanol–water partition coefficient (Wildman–Crippen LogP) is 12.2. The molecule has 0 spiro atoms. The van der Waals surface area contributed by atoms with Crippen LogP contribution in [0.2, 0.25) is 0 Å². The number of benzene rings is 7. The summed E-state index contributed by atoms with van der Waals surface area (Å²) < 4.78 is 12.8. The van der Waals surface area contributed by atoms with Gasteiger partial charge in [0.15, 0.2) is 23.0 Å². The van der Waals surface area contributed by atoms with Crippen molar-refractivity contribution in [1.82, 2.24) is 9.97 Å². The molecule has 234 valence electrons. The van der Waals surface area contributed by atoms with E-state index >= 15 is 0 Å². The second kappa shape index (κ2) is 10.3. The topological polar surface area (TPSA) is 50.7 Å². The van der Waals surface area contributed by atoms with Gasteiger partial charge in [0.1, 0.15) is 11.6 Å². The smallest absolute Gasteiger partial charge is 0.151 e. The second-order valence-electron chi connectivity index (χ2n) is 12.6. The second-order valence-corrected chi connectivity index (χ2v) is 12.6. The Hall–Kier alpha value is -6.92. The molecule has 2 aliphatic rings. The molecule has 7 aromatic carbocycles. The highest BCUT2D eigenvalue weighted by atomic mass is 16.5. The predicted molar refractivity (Wildman–Crippen MR) is 202 cm³/mol. The molecule has 2 aromatic heterocycles. The number of pyridine rings is 2. The summed E-state index contributed by atoms with van der Waals surface area (Å²) in [6.45, 7) is 0. The number of para-hydroxylation sites is 10. The first-order valence-corrected chi connectivity index (χ1v) is 16.7. The summed E-state index contributed by atoms with van der Waals surface area (Å²) in [6, 6.07) is 54.0. The zero-order valence-electron chi connectivity index (χ0n) is 26.6. The molecule has 9 aromatic rings. The van der Waals surface area contributed by atoms with Crippen molar-refractivity contribution in [2.75, 3.05) is 9.80 Å². The van der Waals surface area contributed by atoms with Crippen LogP contribution in [0.15, 0.2) is 158 Å². The van der Waals surface area contributed by atoms with Gasteiger partial charge in [-0.05, 0) is 72.8 Å². The Balaban J connectivity index is 1.30. The Kier molecular flexibility index (Phi) is 5.57. The molecular weight excluding hydrogens is 617 g/mol. The molecule has 0 aliphatic carbocycles. The maximum atomic E-state index is 6.40. The fourth-order valence-corrected chi connectivity index (χ4v) is 7.66. The lowest BCUT2D eigenvalue weighted by Gasteiger charge is -2.34. The molecule has 6 nitrogen and oxygen atoms in total. The molecule has 0 radical (unpaired) electrons. The van der Waals surface area contributed by atoms with Gasteiger partial charge in [0.25, 0.3) is 0 Å². The van der Waals surface area contributed by atoms with Gasteiger partial charge in [0.05, 0.1) is 33.8 Å². The molecule has 0 fully saturated rings. The summed E-state index contributed by atoms with van der Waals surface area (Å²) >= 11 is 0. The third-order valence-corrected chi connectivity index (χ3v) is 9.77. The average molecular weight is 643 g/mol. The minimum Gasteiger partial charge on any atom is -0.453 e. The van der Waals surface area contributed by atoms with Gasteiger partial charge in [-0.15, -0.1) is 0 Å². The van der Waals surface area contributed by atoms with Crippen molar-refractivity contribution in [3.63, 3.8) is 0 Å². The molecule has 6 heteroatoms. The molecule has 11 rings (SSSR count). The number of hydrogen-bond acceptors (Lipinski definition) is 6. The van der Waals surface area contributed by atoms with E-state index in [0.717, 1.165) is 101 Å². The highest BCUT2D eigenvalue weighted by Gasteiger charge is 2.31. The van der Waals surface area contributed by atoms with E-state index in [1.165, 1.54) is 0 Å². The number of ether oxygens (including phenoxy) is 2. The van der Waals surface area contributed by atoms with Crippen molar-refractivity contribution in [3.05, 3.63) is 158 Å². The van der Waals surface area contributed by atoms with Crippen molar-refractivity contribution < 1.29 is 9.47 Å². The lowest BCUT2D eigenvalue weighted by atomic mass is 9.95. The molecule has 0 saturated heterocycles. The highest BCUT2D eigenvalue weighted by Crippen LogP contribution is 2.55. The van der Waals surface area contributed by atoms with E-state index < -0.39 is 0 Å². The minimum atomic E-state index is 0.789. The maximum Gasteiger partial charge on any atom is 0.151 e. The third-order valence-electron chi connectivity index (χ3n) is 9.77. The van der Waals surface area contributed by atoms with Crippen molar-refractivity contribution in [2.45, 2.75) is 0 Å². The van der Waals surface area contributed by atoms with Gasteiger partial charge in [0, 0.05) is 32.3 Å². The van der Waals surface area contributed by atoms with Crippen molar-refractivity contribution >= 4 is 77.7 Å². The average Bonchev–Trinajstić information content (AvgIpc) is 3.18. The molecule has 0 saturated carbocycles. The Labute approximate surface area is 287 Å². The monoisotopic (exact) mass is 642 g/mol. The number of rotatable bonds is 2. The molecule has 50 heavy (non-hydrogen) atoms. The van der Waals surface area contributed by atoms with Crippen LogP contribution in [0.1, 0.15) is 0 Å². The number of anilines is 6. The fraction of sp³-hybridized carbons (Fsp3) is 0. The number of hydrogen-bond donors (Lipinski definition) is 0. The summed E-state index contributed by atoms with van der Waals surface area (Å²) in [7, 11) is 0. The largest absolute Gasteiger partial charge is 0.453 e. The minimum absolute atomic E-state index is 0.789. The van der Waals surface area contributed by atoms with Crippen LogP contribution in [0.25, 0.3) is 43.4 Å². The van der Waals surface area contributed by atoms with Gasteiger partial charge in [0.2, 0.25) is 0 Å². The summed E-state index contributed by atoms with van der Waals surface area (Å²) in [5.74, 6) is 4.84. The molecule has 4 heterocycles. The summed E-state index contributed by atoms with van der Waals surface area (Å²) in [4.78, 5) is 15.3. The fourth-order valence-electron chi connectivity index (χ4n) is 7.66. The van der Waals surface area contributed by atoms with Crippen LogP contribution in [-0.4, -0.2) is 9.97 Å². The number of nitrogens with zero attached hydrogens (tertiary/aromatic N) is 4. The zero-order valence-corrected chi connectivity index (χ0v) is 26.6. The molecule has 0 bridgehead atoms. The van der Waals surface area contributed by atoms with Gasteiger partial charge in [-0.1, -0.05) is 84.9 Å². The normalized spacial score (nSPS) is 13.0. The van der Waals surface area contributed by atoms with Crippen molar-refractivity contribution in [1.29, 1.82) is 0 Å². The van der Waals surface area contributed by atoms with Gasteiger partial charge in [-0.25, -0.2) is 9.97 Å². The first-order chi connectivity index (χ1) is 24.8. The zero-order chi connectivity index (χ0) is 32.8. The highest BCUT2D eigenvalue weighted by molar-refractivity contribution is 6.30.